The average Bonchev–Trinajstić information content (AvgIpc) is 3.24. The van der Waals surface area contributed by atoms with Crippen LogP contribution in [0.15, 0.2) is 109 Å². The fraction of sp³-hybridized carbons (Fsp3) is 0.562. The van der Waals surface area contributed by atoms with Gasteiger partial charge in [0.1, 0.15) is 12.6 Å². The first-order valence-corrected chi connectivity index (χ1v) is 23.5. The van der Waals surface area contributed by atoms with Gasteiger partial charge in [-0.15, -0.1) is 0 Å². The molecule has 0 aromatic rings. The van der Waals surface area contributed by atoms with Crippen molar-refractivity contribution in [1.82, 2.24) is 0 Å². The van der Waals surface area contributed by atoms with Crippen LogP contribution in [0.2, 0.25) is 0 Å². The van der Waals surface area contributed by atoms with Gasteiger partial charge in [0, 0.05) is 19.4 Å². The predicted molar refractivity (Wildman–Crippen MR) is 246 cm³/mol. The maximum atomic E-state index is 12.6. The van der Waals surface area contributed by atoms with Crippen molar-refractivity contribution in [3.05, 3.63) is 109 Å². The number of hydrogen-bond donors (Lipinski definition) is 4. The number of allylic oxidation sites excluding steroid dienone is 18. The Morgan fingerprint density at radius 3 is 1.43 bits per heavy atom. The minimum atomic E-state index is -4.76. The van der Waals surface area contributed by atoms with E-state index in [2.05, 4.69) is 90.4 Å². The van der Waals surface area contributed by atoms with Crippen LogP contribution in [0.4, 0.5) is 0 Å². The summed E-state index contributed by atoms with van der Waals surface area (Å²) in [4.78, 5) is 45.9. The Morgan fingerprint density at radius 2 is 0.967 bits per heavy atom. The summed E-state index contributed by atoms with van der Waals surface area (Å²) in [5.74, 6) is -2.59. The molecule has 61 heavy (non-hydrogen) atoms. The molecule has 0 aliphatic rings. The van der Waals surface area contributed by atoms with E-state index in [1.807, 2.05) is 30.4 Å². The number of unbranched alkanes of at least 4 members (excludes halogenated alkanes) is 7. The molecule has 0 aromatic heterocycles. The van der Waals surface area contributed by atoms with Crippen molar-refractivity contribution in [1.29, 1.82) is 0 Å². The van der Waals surface area contributed by atoms with E-state index in [-0.39, 0.29) is 19.4 Å². The van der Waals surface area contributed by atoms with Crippen LogP contribution in [-0.2, 0) is 37.5 Å². The van der Waals surface area contributed by atoms with Crippen LogP contribution in [-0.4, -0.2) is 71.6 Å². The zero-order valence-corrected chi connectivity index (χ0v) is 37.5. The molecule has 0 radical (unpaired) electrons. The molecule has 0 aliphatic carbocycles. The molecule has 0 saturated heterocycles. The lowest BCUT2D eigenvalue weighted by Crippen LogP contribution is -2.34. The molecule has 5 N–H and O–H groups in total. The van der Waals surface area contributed by atoms with Gasteiger partial charge in [-0.25, -0.2) is 4.57 Å². The highest BCUT2D eigenvalue weighted by molar-refractivity contribution is 7.47. The number of carbonyl (C=O) groups excluding carboxylic acids is 2. The Hall–Kier alpha value is -3.90. The molecule has 0 spiro atoms. The molecule has 0 fully saturated rings. The smallest absolute Gasteiger partial charge is 0.472 e. The highest BCUT2D eigenvalue weighted by atomic mass is 31.2. The average molecular weight is 874 g/mol. The summed E-state index contributed by atoms with van der Waals surface area (Å²) >= 11 is 0. The lowest BCUT2D eigenvalue weighted by atomic mass is 10.2. The summed E-state index contributed by atoms with van der Waals surface area (Å²) in [5, 5.41) is 17.7. The zero-order valence-electron chi connectivity index (χ0n) is 36.6. The van der Waals surface area contributed by atoms with E-state index in [0.29, 0.717) is 25.7 Å². The molecule has 0 aromatic carbocycles. The van der Waals surface area contributed by atoms with Gasteiger partial charge in [0.05, 0.1) is 13.2 Å². The third-order valence-electron chi connectivity index (χ3n) is 8.56. The van der Waals surface area contributed by atoms with Crippen molar-refractivity contribution in [3.63, 3.8) is 0 Å². The number of rotatable bonds is 40. The van der Waals surface area contributed by atoms with Crippen molar-refractivity contribution in [3.8, 4) is 0 Å². The van der Waals surface area contributed by atoms with Crippen molar-refractivity contribution < 1.29 is 52.6 Å². The summed E-state index contributed by atoms with van der Waals surface area (Å²) in [6, 6.07) is -1.55. The summed E-state index contributed by atoms with van der Waals surface area (Å²) in [6.45, 7) is 0.625. The normalized spacial score (nSPS) is 14.7. The van der Waals surface area contributed by atoms with Crippen molar-refractivity contribution in [2.24, 2.45) is 5.73 Å². The number of aliphatic carboxylic acids is 1. The first-order valence-electron chi connectivity index (χ1n) is 22.0. The van der Waals surface area contributed by atoms with Gasteiger partial charge in [-0.3, -0.25) is 23.4 Å². The summed E-state index contributed by atoms with van der Waals surface area (Å²) in [6.07, 6.45) is 53.3. The van der Waals surface area contributed by atoms with Crippen molar-refractivity contribution in [2.45, 2.75) is 147 Å². The van der Waals surface area contributed by atoms with E-state index in [1.165, 1.54) is 19.3 Å². The molecule has 0 bridgehead atoms. The second kappa shape index (κ2) is 42.8. The van der Waals surface area contributed by atoms with E-state index >= 15 is 0 Å². The quantitative estimate of drug-likeness (QED) is 0.0197. The number of hydrogen-bond acceptors (Lipinski definition) is 10. The summed E-state index contributed by atoms with van der Waals surface area (Å²) in [7, 11) is -4.76. The van der Waals surface area contributed by atoms with Gasteiger partial charge in [-0.1, -0.05) is 136 Å². The Morgan fingerprint density at radius 1 is 0.541 bits per heavy atom. The molecule has 0 rings (SSSR count). The van der Waals surface area contributed by atoms with Crippen LogP contribution in [0.5, 0.6) is 0 Å². The largest absolute Gasteiger partial charge is 0.480 e. The standard InChI is InChI=1S/C48H76NO11P/c1-2-3-4-5-6-7-8-9-10-11-12-14-18-21-24-27-30-33-36-39-47(52)60-44(42-58-61(55,56)59-43-45(49)48(53)54)41-57-46(51)38-35-32-29-26-23-20-17-15-13-16-19-22-25-28-31-34-37-40-50/h6-7,9-10,12-14,16-17,20-22,24-26,29-30,33,44-45,50H,2-5,8,11,15,18-19,23,27-28,31-32,34-43,49H2,1H3,(H,53,54)(H,55,56)/b7-6-,10-9-,14-12-,16-13-,20-17-,24-21-,25-22-,29-26-,33-30-/t44-,45+/m1/s1. The maximum absolute atomic E-state index is 12.6. The van der Waals surface area contributed by atoms with Gasteiger partial charge in [-0.2, -0.15) is 0 Å². The molecular weight excluding hydrogens is 797 g/mol. The summed E-state index contributed by atoms with van der Waals surface area (Å²) in [5.41, 5.74) is 5.32. The monoisotopic (exact) mass is 874 g/mol. The third-order valence-corrected chi connectivity index (χ3v) is 9.51. The topological polar surface area (TPSA) is 192 Å². The Bertz CT molecular complexity index is 1440. The number of aliphatic hydroxyl groups excluding tert-OH is 1. The van der Waals surface area contributed by atoms with Gasteiger partial charge >= 0.3 is 25.7 Å². The highest BCUT2D eigenvalue weighted by Crippen LogP contribution is 2.43. The number of esters is 2. The number of nitrogens with two attached hydrogens (primary N) is 1. The van der Waals surface area contributed by atoms with Crippen LogP contribution in [0.3, 0.4) is 0 Å². The van der Waals surface area contributed by atoms with E-state index in [1.54, 1.807) is 0 Å². The second-order valence-electron chi connectivity index (χ2n) is 14.2. The van der Waals surface area contributed by atoms with E-state index in [9.17, 15) is 23.8 Å². The molecule has 1 unspecified atom stereocenters. The number of phosphoric ester groups is 1. The number of carboxylic acids is 1. The Labute approximate surface area is 366 Å². The van der Waals surface area contributed by atoms with Crippen LogP contribution < -0.4 is 5.73 Å². The second-order valence-corrected chi connectivity index (χ2v) is 15.6. The summed E-state index contributed by atoms with van der Waals surface area (Å²) < 4.78 is 32.5. The molecule has 13 heteroatoms. The fourth-order valence-corrected chi connectivity index (χ4v) is 5.85. The Balaban J connectivity index is 4.59. The first kappa shape index (κ1) is 57.1. The molecule has 0 saturated carbocycles. The number of aliphatic hydroxyl groups is 1. The number of carbonyl (C=O) groups is 3. The third kappa shape index (κ3) is 42.6. The molecule has 0 heterocycles. The molecule has 0 amide bonds. The number of carboxylic acid groups (broad SMARTS) is 1. The van der Waals surface area contributed by atoms with E-state index in [0.717, 1.165) is 70.6 Å². The highest BCUT2D eigenvalue weighted by Gasteiger charge is 2.28. The lowest BCUT2D eigenvalue weighted by molar-refractivity contribution is -0.161. The van der Waals surface area contributed by atoms with E-state index < -0.39 is 57.7 Å². The number of ether oxygens (including phenoxy) is 2. The molecule has 0 aliphatic heterocycles. The van der Waals surface area contributed by atoms with Gasteiger partial charge < -0.3 is 30.3 Å². The molecule has 344 valence electrons. The van der Waals surface area contributed by atoms with Gasteiger partial charge in [0.2, 0.25) is 0 Å². The zero-order chi connectivity index (χ0) is 44.9. The molecular formula is C48H76NO11P. The van der Waals surface area contributed by atoms with Gasteiger partial charge in [0.15, 0.2) is 6.10 Å². The number of phosphoric acid groups is 1. The molecule has 12 nitrogen and oxygen atoms in total. The van der Waals surface area contributed by atoms with Gasteiger partial charge in [-0.05, 0) is 96.3 Å². The SMILES string of the molecule is CCCCC/C=C\C/C=C\C/C=C\C/C=C\C/C=C\CCC(=O)O[C@H](COC(=O)CCC/C=C\C/C=C\C/C=C\C/C=C\CCCCCO)COP(=O)(O)OC[C@H](N)C(=O)O. The lowest BCUT2D eigenvalue weighted by Gasteiger charge is -2.20. The van der Waals surface area contributed by atoms with E-state index in [4.69, 9.17) is 29.9 Å². The van der Waals surface area contributed by atoms with Gasteiger partial charge in [0.25, 0.3) is 0 Å². The van der Waals surface area contributed by atoms with Crippen LogP contribution in [0.1, 0.15) is 135 Å². The van der Waals surface area contributed by atoms with Crippen LogP contribution >= 0.6 is 7.82 Å². The Kier molecular flexibility index (Phi) is 40.0. The molecule has 3 atom stereocenters. The minimum Gasteiger partial charge on any atom is -0.480 e. The minimum absolute atomic E-state index is 0.0138. The van der Waals surface area contributed by atoms with Crippen molar-refractivity contribution >= 4 is 25.7 Å². The predicted octanol–water partition coefficient (Wildman–Crippen LogP) is 10.8. The van der Waals surface area contributed by atoms with Crippen LogP contribution in [0.25, 0.3) is 0 Å². The van der Waals surface area contributed by atoms with Crippen LogP contribution in [0, 0.1) is 0 Å². The maximum Gasteiger partial charge on any atom is 0.472 e. The van der Waals surface area contributed by atoms with Crippen molar-refractivity contribution in [2.75, 3.05) is 26.4 Å². The fourth-order valence-electron chi connectivity index (χ4n) is 5.08. The first-order chi connectivity index (χ1) is 29.6.